The van der Waals surface area contributed by atoms with E-state index in [-0.39, 0.29) is 0 Å². The minimum absolute atomic E-state index is 0.358. The summed E-state index contributed by atoms with van der Waals surface area (Å²) in [6, 6.07) is 3.48. The number of nitrogens with one attached hydrogen (secondary N) is 1. The number of methoxy groups -OCH3 is 1. The molecule has 0 spiro atoms. The molecule has 0 bridgehead atoms. The zero-order valence-electron chi connectivity index (χ0n) is 12.3. The number of rotatable bonds is 6. The first-order valence-electron chi connectivity index (χ1n) is 6.43. The molecule has 0 saturated heterocycles. The smallest absolute Gasteiger partial charge is 0.241 e. The molecule has 1 aromatic carbocycles. The topological polar surface area (TPSA) is 55.4 Å². The van der Waals surface area contributed by atoms with Gasteiger partial charge in [-0.05, 0) is 49.4 Å². The molecule has 0 unspecified atom stereocenters. The summed E-state index contributed by atoms with van der Waals surface area (Å²) in [5.74, 6) is 1.15. The van der Waals surface area contributed by atoms with Gasteiger partial charge in [0.05, 0.1) is 12.0 Å². The summed E-state index contributed by atoms with van der Waals surface area (Å²) in [7, 11) is -1.88. The Hall–Kier alpha value is -1.07. The predicted octanol–water partition coefficient (Wildman–Crippen LogP) is 2.64. The van der Waals surface area contributed by atoms with Gasteiger partial charge in [-0.2, -0.15) is 0 Å². The second-order valence-electron chi connectivity index (χ2n) is 5.17. The Morgan fingerprint density at radius 2 is 1.74 bits per heavy atom. The Morgan fingerprint density at radius 1 is 1.21 bits per heavy atom. The summed E-state index contributed by atoms with van der Waals surface area (Å²) in [5.41, 5.74) is 1.41. The van der Waals surface area contributed by atoms with Crippen LogP contribution in [0.1, 0.15) is 31.4 Å². The summed E-state index contributed by atoms with van der Waals surface area (Å²) in [6.45, 7) is 8.17. The first-order chi connectivity index (χ1) is 8.77. The molecule has 0 aliphatic carbocycles. The first kappa shape index (κ1) is 16.0. The van der Waals surface area contributed by atoms with Crippen molar-refractivity contribution in [3.63, 3.8) is 0 Å². The maximum atomic E-state index is 12.3. The minimum Gasteiger partial charge on any atom is -0.497 e. The zero-order valence-corrected chi connectivity index (χ0v) is 13.1. The van der Waals surface area contributed by atoms with E-state index in [0.29, 0.717) is 34.2 Å². The summed E-state index contributed by atoms with van der Waals surface area (Å²) < 4.78 is 32.4. The molecule has 0 heterocycles. The molecule has 0 aromatic heterocycles. The summed E-state index contributed by atoms with van der Waals surface area (Å²) in [4.78, 5) is 0.358. The van der Waals surface area contributed by atoms with Crippen molar-refractivity contribution >= 4 is 10.0 Å². The average molecular weight is 285 g/mol. The Balaban J connectivity index is 3.01. The lowest BCUT2D eigenvalue weighted by molar-refractivity contribution is 0.413. The highest BCUT2D eigenvalue weighted by molar-refractivity contribution is 7.89. The van der Waals surface area contributed by atoms with Crippen LogP contribution in [0, 0.1) is 19.8 Å². The van der Waals surface area contributed by atoms with Gasteiger partial charge in [0.15, 0.2) is 0 Å². The highest BCUT2D eigenvalue weighted by Gasteiger charge is 2.20. The van der Waals surface area contributed by atoms with Crippen LogP contribution in [0.3, 0.4) is 0 Å². The molecule has 1 aromatic rings. The van der Waals surface area contributed by atoms with Gasteiger partial charge in [-0.3, -0.25) is 0 Å². The molecule has 108 valence electrons. The summed E-state index contributed by atoms with van der Waals surface area (Å²) >= 11 is 0. The molecular formula is C14H23NO3S. The first-order valence-corrected chi connectivity index (χ1v) is 7.91. The molecule has 0 saturated carbocycles. The van der Waals surface area contributed by atoms with E-state index in [2.05, 4.69) is 18.6 Å². The average Bonchev–Trinajstić information content (AvgIpc) is 2.26. The zero-order chi connectivity index (χ0) is 14.6. The third-order valence-corrected chi connectivity index (χ3v) is 4.72. The van der Waals surface area contributed by atoms with Crippen molar-refractivity contribution in [2.24, 2.45) is 5.92 Å². The Kier molecular flexibility index (Phi) is 5.38. The van der Waals surface area contributed by atoms with Crippen LogP contribution < -0.4 is 9.46 Å². The van der Waals surface area contributed by atoms with Crippen LogP contribution in [-0.4, -0.2) is 22.1 Å². The van der Waals surface area contributed by atoms with Crippen LogP contribution in [0.2, 0.25) is 0 Å². The van der Waals surface area contributed by atoms with Crippen LogP contribution in [0.5, 0.6) is 5.75 Å². The van der Waals surface area contributed by atoms with Gasteiger partial charge in [-0.1, -0.05) is 13.8 Å². The van der Waals surface area contributed by atoms with Crippen molar-refractivity contribution in [1.82, 2.24) is 4.72 Å². The van der Waals surface area contributed by atoms with Crippen molar-refractivity contribution < 1.29 is 13.2 Å². The van der Waals surface area contributed by atoms with Gasteiger partial charge in [-0.15, -0.1) is 0 Å². The molecule has 0 fully saturated rings. The van der Waals surface area contributed by atoms with Gasteiger partial charge in [0.1, 0.15) is 5.75 Å². The van der Waals surface area contributed by atoms with E-state index in [9.17, 15) is 8.42 Å². The number of hydrogen-bond acceptors (Lipinski definition) is 3. The SMILES string of the molecule is COc1cc(C)c(S(=O)(=O)NCCC(C)C)c(C)c1. The molecule has 0 radical (unpaired) electrons. The second kappa shape index (κ2) is 6.39. The molecule has 0 aliphatic heterocycles. The van der Waals surface area contributed by atoms with Crippen molar-refractivity contribution in [3.05, 3.63) is 23.3 Å². The molecule has 0 atom stereocenters. The lowest BCUT2D eigenvalue weighted by Gasteiger charge is -2.14. The fraction of sp³-hybridized carbons (Fsp3) is 0.571. The van der Waals surface area contributed by atoms with Gasteiger partial charge < -0.3 is 4.74 Å². The lowest BCUT2D eigenvalue weighted by atomic mass is 10.1. The largest absolute Gasteiger partial charge is 0.497 e. The minimum atomic E-state index is -3.45. The molecule has 19 heavy (non-hydrogen) atoms. The van der Waals surface area contributed by atoms with Crippen LogP contribution >= 0.6 is 0 Å². The fourth-order valence-electron chi connectivity index (χ4n) is 2.01. The molecular weight excluding hydrogens is 262 g/mol. The highest BCUT2D eigenvalue weighted by atomic mass is 32.2. The van der Waals surface area contributed by atoms with Crippen molar-refractivity contribution in [2.45, 2.75) is 39.0 Å². The molecule has 5 heteroatoms. The number of benzene rings is 1. The van der Waals surface area contributed by atoms with Crippen molar-refractivity contribution in [1.29, 1.82) is 0 Å². The Morgan fingerprint density at radius 3 is 2.16 bits per heavy atom. The Labute approximate surface area is 116 Å². The third-order valence-electron chi connectivity index (χ3n) is 2.95. The number of hydrogen-bond donors (Lipinski definition) is 1. The maximum absolute atomic E-state index is 12.3. The number of aryl methyl sites for hydroxylation is 2. The van der Waals surface area contributed by atoms with Crippen LogP contribution in [0.15, 0.2) is 17.0 Å². The van der Waals surface area contributed by atoms with E-state index in [1.54, 1.807) is 33.1 Å². The molecule has 4 nitrogen and oxygen atoms in total. The predicted molar refractivity (Wildman–Crippen MR) is 77.1 cm³/mol. The molecule has 0 aliphatic rings. The van der Waals surface area contributed by atoms with Crippen molar-refractivity contribution in [2.75, 3.05) is 13.7 Å². The lowest BCUT2D eigenvalue weighted by Crippen LogP contribution is -2.27. The molecule has 1 rings (SSSR count). The highest BCUT2D eigenvalue weighted by Crippen LogP contribution is 2.25. The molecule has 1 N–H and O–H groups in total. The fourth-order valence-corrected chi connectivity index (χ4v) is 3.50. The maximum Gasteiger partial charge on any atom is 0.241 e. The van der Waals surface area contributed by atoms with E-state index in [0.717, 1.165) is 6.42 Å². The number of ether oxygens (including phenoxy) is 1. The summed E-state index contributed by atoms with van der Waals surface area (Å²) in [5, 5.41) is 0. The summed E-state index contributed by atoms with van der Waals surface area (Å²) in [6.07, 6.45) is 0.827. The van der Waals surface area contributed by atoms with Gasteiger partial charge in [0, 0.05) is 6.54 Å². The molecule has 0 amide bonds. The third kappa shape index (κ3) is 4.21. The van der Waals surface area contributed by atoms with Crippen molar-refractivity contribution in [3.8, 4) is 5.75 Å². The van der Waals surface area contributed by atoms with E-state index in [1.165, 1.54) is 0 Å². The van der Waals surface area contributed by atoms with Gasteiger partial charge in [0.25, 0.3) is 0 Å². The van der Waals surface area contributed by atoms with E-state index in [1.807, 2.05) is 0 Å². The van der Waals surface area contributed by atoms with Crippen LogP contribution in [-0.2, 0) is 10.0 Å². The van der Waals surface area contributed by atoms with Gasteiger partial charge in [0.2, 0.25) is 10.0 Å². The quantitative estimate of drug-likeness (QED) is 0.874. The van der Waals surface area contributed by atoms with E-state index in [4.69, 9.17) is 4.74 Å². The van der Waals surface area contributed by atoms with E-state index >= 15 is 0 Å². The second-order valence-corrected chi connectivity index (χ2v) is 6.87. The van der Waals surface area contributed by atoms with Crippen LogP contribution in [0.25, 0.3) is 0 Å². The van der Waals surface area contributed by atoms with E-state index < -0.39 is 10.0 Å². The normalized spacial score (nSPS) is 11.9. The van der Waals surface area contributed by atoms with Gasteiger partial charge >= 0.3 is 0 Å². The number of sulfonamides is 1. The standard InChI is InChI=1S/C14H23NO3S/c1-10(2)6-7-15-19(16,17)14-11(3)8-13(18-5)9-12(14)4/h8-10,15H,6-7H2,1-5H3. The van der Waals surface area contributed by atoms with Crippen LogP contribution in [0.4, 0.5) is 0 Å². The Bertz CT molecular complexity index is 513. The van der Waals surface area contributed by atoms with Gasteiger partial charge in [-0.25, -0.2) is 13.1 Å². The monoisotopic (exact) mass is 285 g/mol.